The van der Waals surface area contributed by atoms with Crippen LogP contribution in [0.3, 0.4) is 0 Å². The minimum absolute atomic E-state index is 0.811. The lowest BCUT2D eigenvalue weighted by molar-refractivity contribution is 0.321. The molecule has 68 valence electrons. The first-order valence-corrected chi connectivity index (χ1v) is 4.35. The van der Waals surface area contributed by atoms with E-state index in [2.05, 4.69) is 22.0 Å². The van der Waals surface area contributed by atoms with E-state index in [4.69, 9.17) is 5.21 Å². The van der Waals surface area contributed by atoms with E-state index in [1.54, 1.807) is 0 Å². The first-order chi connectivity index (χ1) is 5.88. The fraction of sp³-hybridized carbons (Fsp3) is 0.750. The van der Waals surface area contributed by atoms with E-state index in [-0.39, 0.29) is 0 Å². The maximum Gasteiger partial charge on any atom is 0.145 e. The van der Waals surface area contributed by atoms with Crippen LogP contribution in [0.5, 0.6) is 0 Å². The molecule has 1 aliphatic heterocycles. The third-order valence-corrected chi connectivity index (χ3v) is 1.92. The predicted octanol–water partition coefficient (Wildman–Crippen LogP) is 0.961. The Hall–Kier alpha value is -1.06. The highest BCUT2D eigenvalue weighted by molar-refractivity contribution is 6.29. The molecule has 12 heavy (non-hydrogen) atoms. The van der Waals surface area contributed by atoms with Crippen LogP contribution in [-0.2, 0) is 0 Å². The molecule has 0 aromatic carbocycles. The first kappa shape index (κ1) is 9.03. The zero-order valence-corrected chi connectivity index (χ0v) is 7.40. The van der Waals surface area contributed by atoms with Gasteiger partial charge in [0.2, 0.25) is 0 Å². The van der Waals surface area contributed by atoms with E-state index in [0.29, 0.717) is 0 Å². The summed E-state index contributed by atoms with van der Waals surface area (Å²) in [6.07, 6.45) is 3.75. The van der Waals surface area contributed by atoms with E-state index >= 15 is 0 Å². The lowest BCUT2D eigenvalue weighted by Crippen LogP contribution is -2.29. The van der Waals surface area contributed by atoms with Crippen molar-refractivity contribution in [1.82, 2.24) is 4.90 Å². The lowest BCUT2D eigenvalue weighted by Gasteiger charge is -2.16. The highest BCUT2D eigenvalue weighted by Crippen LogP contribution is 2.02. The fourth-order valence-electron chi connectivity index (χ4n) is 1.25. The number of oxime groups is 1. The predicted molar refractivity (Wildman–Crippen MR) is 49.1 cm³/mol. The highest BCUT2D eigenvalue weighted by Gasteiger charge is 2.13. The number of rotatable bonds is 4. The molecule has 0 amide bonds. The smallest absolute Gasteiger partial charge is 0.145 e. The number of unbranched alkanes of at least 4 members (excludes halogenated alkanes) is 1. The molecule has 0 aliphatic carbocycles. The van der Waals surface area contributed by atoms with Crippen molar-refractivity contribution in [2.75, 3.05) is 19.6 Å². The van der Waals surface area contributed by atoms with E-state index in [9.17, 15) is 0 Å². The van der Waals surface area contributed by atoms with E-state index in [0.717, 1.165) is 31.9 Å². The average Bonchev–Trinajstić information content (AvgIpc) is 2.50. The molecule has 0 radical (unpaired) electrons. The van der Waals surface area contributed by atoms with Crippen LogP contribution in [0.15, 0.2) is 10.1 Å². The highest BCUT2D eigenvalue weighted by atomic mass is 16.4. The Labute approximate surface area is 72.6 Å². The molecule has 0 saturated heterocycles. The Kier molecular flexibility index (Phi) is 3.57. The van der Waals surface area contributed by atoms with E-state index < -0.39 is 0 Å². The largest absolute Gasteiger partial charge is 0.411 e. The van der Waals surface area contributed by atoms with Gasteiger partial charge in [-0.05, 0) is 6.42 Å². The standard InChI is InChI=1S/C8H15N3O/c1-2-3-5-11-6-4-9-8(11)7-10-12/h7,12H,2-6H2,1H3/b10-7+. The van der Waals surface area contributed by atoms with Gasteiger partial charge in [0.25, 0.3) is 0 Å². The van der Waals surface area contributed by atoms with Gasteiger partial charge in [-0.3, -0.25) is 4.99 Å². The molecule has 0 bridgehead atoms. The SMILES string of the molecule is CCCCN1CCN=C1/C=N/O. The molecule has 0 aromatic rings. The van der Waals surface area contributed by atoms with Crippen molar-refractivity contribution in [2.45, 2.75) is 19.8 Å². The Morgan fingerprint density at radius 1 is 1.75 bits per heavy atom. The third-order valence-electron chi connectivity index (χ3n) is 1.92. The summed E-state index contributed by atoms with van der Waals surface area (Å²) in [5, 5.41) is 11.3. The van der Waals surface area contributed by atoms with Crippen molar-refractivity contribution in [3.8, 4) is 0 Å². The monoisotopic (exact) mass is 169 g/mol. The van der Waals surface area contributed by atoms with Gasteiger partial charge in [-0.25, -0.2) is 0 Å². The Morgan fingerprint density at radius 2 is 2.58 bits per heavy atom. The summed E-state index contributed by atoms with van der Waals surface area (Å²) in [6.45, 7) is 4.96. The third kappa shape index (κ3) is 2.22. The fourth-order valence-corrected chi connectivity index (χ4v) is 1.25. The van der Waals surface area contributed by atoms with Crippen LogP contribution in [0.2, 0.25) is 0 Å². The molecule has 4 nitrogen and oxygen atoms in total. The second kappa shape index (κ2) is 4.74. The average molecular weight is 169 g/mol. The number of hydrogen-bond donors (Lipinski definition) is 1. The minimum Gasteiger partial charge on any atom is -0.411 e. The maximum absolute atomic E-state index is 8.33. The van der Waals surface area contributed by atoms with Crippen molar-refractivity contribution >= 4 is 12.1 Å². The van der Waals surface area contributed by atoms with Gasteiger partial charge in [0.1, 0.15) is 12.1 Å². The molecule has 1 rings (SSSR count). The lowest BCUT2D eigenvalue weighted by atomic mass is 10.3. The van der Waals surface area contributed by atoms with Crippen molar-refractivity contribution in [3.63, 3.8) is 0 Å². The van der Waals surface area contributed by atoms with Gasteiger partial charge in [-0.15, -0.1) is 0 Å². The molecule has 0 saturated carbocycles. The zero-order chi connectivity index (χ0) is 8.81. The van der Waals surface area contributed by atoms with Crippen LogP contribution in [-0.4, -0.2) is 41.8 Å². The molecule has 0 atom stereocenters. The van der Waals surface area contributed by atoms with Gasteiger partial charge in [0.05, 0.1) is 6.54 Å². The van der Waals surface area contributed by atoms with Crippen LogP contribution in [0.1, 0.15) is 19.8 Å². The molecule has 1 heterocycles. The maximum atomic E-state index is 8.33. The van der Waals surface area contributed by atoms with Crippen molar-refractivity contribution in [2.24, 2.45) is 10.1 Å². The second-order valence-corrected chi connectivity index (χ2v) is 2.83. The summed E-state index contributed by atoms with van der Waals surface area (Å²) in [5.41, 5.74) is 0. The summed E-state index contributed by atoms with van der Waals surface area (Å²) >= 11 is 0. The van der Waals surface area contributed by atoms with Crippen molar-refractivity contribution < 1.29 is 5.21 Å². The number of aliphatic imine (C=N–C) groups is 1. The van der Waals surface area contributed by atoms with Crippen LogP contribution >= 0.6 is 0 Å². The van der Waals surface area contributed by atoms with E-state index in [1.165, 1.54) is 12.6 Å². The van der Waals surface area contributed by atoms with Gasteiger partial charge in [-0.2, -0.15) is 0 Å². The van der Waals surface area contributed by atoms with Crippen molar-refractivity contribution in [1.29, 1.82) is 0 Å². The molecule has 4 heteroatoms. The number of amidine groups is 1. The molecule has 0 aromatic heterocycles. The van der Waals surface area contributed by atoms with Gasteiger partial charge < -0.3 is 10.1 Å². The molecular weight excluding hydrogens is 154 g/mol. The summed E-state index contributed by atoms with van der Waals surface area (Å²) in [7, 11) is 0. The molecule has 0 spiro atoms. The van der Waals surface area contributed by atoms with Crippen LogP contribution in [0.25, 0.3) is 0 Å². The number of hydrogen-bond acceptors (Lipinski definition) is 4. The van der Waals surface area contributed by atoms with E-state index in [1.807, 2.05) is 0 Å². The quantitative estimate of drug-likeness (QED) is 0.387. The molecule has 1 aliphatic rings. The first-order valence-electron chi connectivity index (χ1n) is 4.35. The minimum atomic E-state index is 0.811. The number of nitrogens with zero attached hydrogens (tertiary/aromatic N) is 3. The Bertz CT molecular complexity index is 189. The zero-order valence-electron chi connectivity index (χ0n) is 7.40. The Morgan fingerprint density at radius 3 is 3.25 bits per heavy atom. The summed E-state index contributed by atoms with van der Waals surface area (Å²) in [6, 6.07) is 0. The Balaban J connectivity index is 2.39. The molecular formula is C8H15N3O. The normalized spacial score (nSPS) is 17.4. The van der Waals surface area contributed by atoms with Crippen LogP contribution < -0.4 is 0 Å². The summed E-state index contributed by atoms with van der Waals surface area (Å²) < 4.78 is 0. The van der Waals surface area contributed by atoms with Crippen molar-refractivity contribution in [3.05, 3.63) is 0 Å². The molecule has 1 N–H and O–H groups in total. The molecule has 0 fully saturated rings. The van der Waals surface area contributed by atoms with Crippen LogP contribution in [0.4, 0.5) is 0 Å². The van der Waals surface area contributed by atoms with Gasteiger partial charge >= 0.3 is 0 Å². The van der Waals surface area contributed by atoms with Gasteiger partial charge in [-0.1, -0.05) is 18.5 Å². The topological polar surface area (TPSA) is 48.2 Å². The second-order valence-electron chi connectivity index (χ2n) is 2.83. The van der Waals surface area contributed by atoms with Crippen LogP contribution in [0, 0.1) is 0 Å². The van der Waals surface area contributed by atoms with Gasteiger partial charge in [0, 0.05) is 13.1 Å². The van der Waals surface area contributed by atoms with Gasteiger partial charge in [0.15, 0.2) is 0 Å². The molecule has 0 unspecified atom stereocenters. The summed E-state index contributed by atoms with van der Waals surface area (Å²) in [5.74, 6) is 0.811. The summed E-state index contributed by atoms with van der Waals surface area (Å²) in [4.78, 5) is 6.34.